The Morgan fingerprint density at radius 1 is 1.33 bits per heavy atom. The van der Waals surface area contributed by atoms with Gasteiger partial charge in [-0.3, -0.25) is 0 Å². The molecule has 104 valence electrons. The van der Waals surface area contributed by atoms with Crippen LogP contribution >= 0.6 is 0 Å². The highest BCUT2D eigenvalue weighted by Crippen LogP contribution is 2.25. The minimum atomic E-state index is -0.166. The molecule has 2 N–H and O–H groups in total. The number of hydrogen-bond acceptors (Lipinski definition) is 5. The molecule has 0 saturated carbocycles. The Morgan fingerprint density at radius 2 is 2.06 bits per heavy atom. The van der Waals surface area contributed by atoms with E-state index in [2.05, 4.69) is 30.9 Å². The average Bonchev–Trinajstić information content (AvgIpc) is 2.81. The molecule has 0 saturated heterocycles. The van der Waals surface area contributed by atoms with Crippen molar-refractivity contribution >= 4 is 0 Å². The van der Waals surface area contributed by atoms with Crippen molar-refractivity contribution in [2.24, 2.45) is 11.7 Å². The highest BCUT2D eigenvalue weighted by molar-refractivity contribution is 4.96. The van der Waals surface area contributed by atoms with Crippen LogP contribution in [0, 0.1) is 5.92 Å². The Kier molecular flexibility index (Phi) is 6.29. The van der Waals surface area contributed by atoms with Crippen molar-refractivity contribution in [3.05, 3.63) is 11.7 Å². The number of ether oxygens (including phenoxy) is 1. The van der Waals surface area contributed by atoms with Gasteiger partial charge < -0.3 is 15.0 Å². The van der Waals surface area contributed by atoms with Crippen molar-refractivity contribution in [1.29, 1.82) is 0 Å². The van der Waals surface area contributed by atoms with Crippen molar-refractivity contribution in [3.8, 4) is 0 Å². The molecule has 2 atom stereocenters. The molecule has 1 rings (SSSR count). The summed E-state index contributed by atoms with van der Waals surface area (Å²) in [5.74, 6) is 1.43. The highest BCUT2D eigenvalue weighted by Gasteiger charge is 2.23. The van der Waals surface area contributed by atoms with E-state index in [1.165, 1.54) is 0 Å². The van der Waals surface area contributed by atoms with E-state index in [0.717, 1.165) is 19.3 Å². The standard InChI is InChI=1S/C13H25N3O2/c1-5-7-8-10(14)13-15-12(16-18-13)11(9(3)4)17-6-2/h9-11H,5-8,14H2,1-4H3. The van der Waals surface area contributed by atoms with Crippen LogP contribution in [0.1, 0.15) is 70.8 Å². The first-order chi connectivity index (χ1) is 8.60. The summed E-state index contributed by atoms with van der Waals surface area (Å²) < 4.78 is 10.9. The topological polar surface area (TPSA) is 74.2 Å². The van der Waals surface area contributed by atoms with Gasteiger partial charge >= 0.3 is 0 Å². The number of rotatable bonds is 8. The third-order valence-electron chi connectivity index (χ3n) is 2.85. The number of hydrogen-bond donors (Lipinski definition) is 1. The van der Waals surface area contributed by atoms with Gasteiger partial charge in [0.25, 0.3) is 0 Å². The largest absolute Gasteiger partial charge is 0.370 e. The fourth-order valence-electron chi connectivity index (χ4n) is 1.81. The minimum Gasteiger partial charge on any atom is -0.370 e. The molecule has 0 aliphatic rings. The van der Waals surface area contributed by atoms with Gasteiger partial charge in [0, 0.05) is 6.61 Å². The van der Waals surface area contributed by atoms with Gasteiger partial charge in [-0.25, -0.2) is 0 Å². The lowest BCUT2D eigenvalue weighted by Crippen LogP contribution is -2.14. The smallest absolute Gasteiger partial charge is 0.243 e. The number of unbranched alkanes of at least 4 members (excludes halogenated alkanes) is 1. The van der Waals surface area contributed by atoms with Crippen LogP contribution in [-0.4, -0.2) is 16.7 Å². The Labute approximate surface area is 109 Å². The Hall–Kier alpha value is -0.940. The summed E-state index contributed by atoms with van der Waals surface area (Å²) in [5, 5.41) is 3.99. The highest BCUT2D eigenvalue weighted by atomic mass is 16.5. The van der Waals surface area contributed by atoms with E-state index in [1.54, 1.807) is 0 Å². The molecule has 0 bridgehead atoms. The SMILES string of the molecule is CCCCC(N)c1nc(C(OCC)C(C)C)no1. The van der Waals surface area contributed by atoms with Gasteiger partial charge in [-0.15, -0.1) is 0 Å². The van der Waals surface area contributed by atoms with E-state index in [0.29, 0.717) is 24.2 Å². The van der Waals surface area contributed by atoms with Crippen molar-refractivity contribution in [3.63, 3.8) is 0 Å². The zero-order chi connectivity index (χ0) is 13.5. The lowest BCUT2D eigenvalue weighted by molar-refractivity contribution is 0.0217. The molecule has 2 unspecified atom stereocenters. The van der Waals surface area contributed by atoms with Crippen molar-refractivity contribution in [2.45, 2.75) is 59.1 Å². The molecule has 0 aliphatic heterocycles. The zero-order valence-electron chi connectivity index (χ0n) is 11.8. The number of nitrogens with zero attached hydrogens (tertiary/aromatic N) is 2. The molecular formula is C13H25N3O2. The first-order valence-electron chi connectivity index (χ1n) is 6.80. The summed E-state index contributed by atoms with van der Waals surface area (Å²) in [4.78, 5) is 4.38. The van der Waals surface area contributed by atoms with Gasteiger partial charge in [-0.05, 0) is 19.3 Å². The molecule has 0 radical (unpaired) electrons. The molecule has 5 heteroatoms. The first kappa shape index (κ1) is 15.1. The van der Waals surface area contributed by atoms with E-state index >= 15 is 0 Å². The predicted molar refractivity (Wildman–Crippen MR) is 70.0 cm³/mol. The zero-order valence-corrected chi connectivity index (χ0v) is 11.8. The van der Waals surface area contributed by atoms with Crippen LogP contribution in [0.2, 0.25) is 0 Å². The monoisotopic (exact) mass is 255 g/mol. The third-order valence-corrected chi connectivity index (χ3v) is 2.85. The van der Waals surface area contributed by atoms with E-state index < -0.39 is 0 Å². The lowest BCUT2D eigenvalue weighted by atomic mass is 10.1. The van der Waals surface area contributed by atoms with Crippen molar-refractivity contribution in [1.82, 2.24) is 10.1 Å². The maximum atomic E-state index is 6.01. The van der Waals surface area contributed by atoms with Crippen molar-refractivity contribution in [2.75, 3.05) is 6.61 Å². The molecule has 18 heavy (non-hydrogen) atoms. The summed E-state index contributed by atoms with van der Waals surface area (Å²) >= 11 is 0. The molecule has 0 aliphatic carbocycles. The maximum Gasteiger partial charge on any atom is 0.243 e. The van der Waals surface area contributed by atoms with Crippen LogP contribution in [0.25, 0.3) is 0 Å². The van der Waals surface area contributed by atoms with Gasteiger partial charge in [0.15, 0.2) is 0 Å². The normalized spacial score (nSPS) is 15.0. The molecule has 1 aromatic rings. The quantitative estimate of drug-likeness (QED) is 0.773. The van der Waals surface area contributed by atoms with Crippen LogP contribution in [0.3, 0.4) is 0 Å². The van der Waals surface area contributed by atoms with E-state index in [4.69, 9.17) is 15.0 Å². The Bertz CT molecular complexity index is 339. The predicted octanol–water partition coefficient (Wildman–Crippen LogP) is 2.99. The van der Waals surface area contributed by atoms with Gasteiger partial charge in [0.1, 0.15) is 6.10 Å². The van der Waals surface area contributed by atoms with E-state index in [9.17, 15) is 0 Å². The second-order valence-electron chi connectivity index (χ2n) is 4.86. The summed E-state index contributed by atoms with van der Waals surface area (Å²) in [6.45, 7) is 8.88. The molecule has 0 aromatic carbocycles. The maximum absolute atomic E-state index is 6.01. The fourth-order valence-corrected chi connectivity index (χ4v) is 1.81. The molecule has 5 nitrogen and oxygen atoms in total. The van der Waals surface area contributed by atoms with Crippen LogP contribution in [0.4, 0.5) is 0 Å². The van der Waals surface area contributed by atoms with Gasteiger partial charge in [0.05, 0.1) is 6.04 Å². The van der Waals surface area contributed by atoms with Crippen molar-refractivity contribution < 1.29 is 9.26 Å². The molecule has 1 heterocycles. The summed E-state index contributed by atoms with van der Waals surface area (Å²) in [5.41, 5.74) is 6.01. The molecular weight excluding hydrogens is 230 g/mol. The minimum absolute atomic E-state index is 0.120. The molecule has 1 aromatic heterocycles. The van der Waals surface area contributed by atoms with E-state index in [1.807, 2.05) is 6.92 Å². The van der Waals surface area contributed by atoms with Crippen LogP contribution in [-0.2, 0) is 4.74 Å². The van der Waals surface area contributed by atoms with E-state index in [-0.39, 0.29) is 12.1 Å². The first-order valence-corrected chi connectivity index (χ1v) is 6.80. The average molecular weight is 255 g/mol. The van der Waals surface area contributed by atoms with Crippen LogP contribution < -0.4 is 5.73 Å². The third kappa shape index (κ3) is 4.07. The van der Waals surface area contributed by atoms with Gasteiger partial charge in [-0.1, -0.05) is 38.8 Å². The molecule has 0 amide bonds. The Morgan fingerprint density at radius 3 is 2.61 bits per heavy atom. The van der Waals surface area contributed by atoms with Crippen LogP contribution in [0.5, 0.6) is 0 Å². The summed E-state index contributed by atoms with van der Waals surface area (Å²) in [6, 6.07) is -0.166. The van der Waals surface area contributed by atoms with Gasteiger partial charge in [0.2, 0.25) is 11.7 Å². The van der Waals surface area contributed by atoms with Crippen LogP contribution in [0.15, 0.2) is 4.52 Å². The molecule has 0 spiro atoms. The second kappa shape index (κ2) is 7.48. The fraction of sp³-hybridized carbons (Fsp3) is 0.846. The lowest BCUT2D eigenvalue weighted by Gasteiger charge is -2.16. The second-order valence-corrected chi connectivity index (χ2v) is 4.86. The molecule has 0 fully saturated rings. The summed E-state index contributed by atoms with van der Waals surface area (Å²) in [6.07, 6.45) is 2.94. The van der Waals surface area contributed by atoms with Gasteiger partial charge in [-0.2, -0.15) is 4.98 Å². The Balaban J connectivity index is 2.71. The number of nitrogens with two attached hydrogens (primary N) is 1. The summed E-state index contributed by atoms with van der Waals surface area (Å²) in [7, 11) is 0. The number of aromatic nitrogens is 2.